The lowest BCUT2D eigenvalue weighted by molar-refractivity contribution is 0.0750. The third-order valence-corrected chi connectivity index (χ3v) is 4.14. The van der Waals surface area contributed by atoms with Gasteiger partial charge < -0.3 is 0 Å². The molecule has 0 aromatic rings. The van der Waals surface area contributed by atoms with Crippen LogP contribution in [0.15, 0.2) is 0 Å². The molecule has 0 aromatic carbocycles. The first-order valence-electron chi connectivity index (χ1n) is 5.36. The summed E-state index contributed by atoms with van der Waals surface area (Å²) in [5.74, 6) is 0.855. The fourth-order valence-corrected chi connectivity index (χ4v) is 2.08. The molecule has 0 bridgehead atoms. The van der Waals surface area contributed by atoms with E-state index in [1.807, 2.05) is 0 Å². The van der Waals surface area contributed by atoms with Crippen LogP contribution in [-0.2, 0) is 0 Å². The van der Waals surface area contributed by atoms with Gasteiger partial charge in [-0.2, -0.15) is 0 Å². The molecule has 0 unspecified atom stereocenters. The molecule has 0 aromatic heterocycles. The van der Waals surface area contributed by atoms with Crippen molar-refractivity contribution in [2.24, 2.45) is 16.7 Å². The average molecular weight is 168 g/mol. The first-order valence-corrected chi connectivity index (χ1v) is 5.36. The van der Waals surface area contributed by atoms with Gasteiger partial charge in [0.1, 0.15) is 0 Å². The molecule has 0 heteroatoms. The van der Waals surface area contributed by atoms with Crippen LogP contribution >= 0.6 is 0 Å². The van der Waals surface area contributed by atoms with E-state index in [1.54, 1.807) is 0 Å². The number of hydrogen-bond donors (Lipinski definition) is 0. The molecule has 0 N–H and O–H groups in total. The highest BCUT2D eigenvalue weighted by atomic mass is 14.4. The van der Waals surface area contributed by atoms with Crippen molar-refractivity contribution in [3.8, 4) is 0 Å². The summed E-state index contributed by atoms with van der Waals surface area (Å²) in [7, 11) is 0. The zero-order chi connectivity index (χ0) is 9.41. The van der Waals surface area contributed by atoms with Gasteiger partial charge in [-0.15, -0.1) is 0 Å². The van der Waals surface area contributed by atoms with E-state index in [2.05, 4.69) is 34.6 Å². The molecule has 0 saturated heterocycles. The third kappa shape index (κ3) is 2.02. The van der Waals surface area contributed by atoms with Gasteiger partial charge in [0.15, 0.2) is 0 Å². The van der Waals surface area contributed by atoms with Crippen LogP contribution in [0.3, 0.4) is 0 Å². The van der Waals surface area contributed by atoms with Crippen LogP contribution in [0, 0.1) is 16.7 Å². The SMILES string of the molecule is CC(C)C1(C)CCC(C)(C)CC1. The summed E-state index contributed by atoms with van der Waals surface area (Å²) in [6.45, 7) is 12.0. The van der Waals surface area contributed by atoms with Crippen LogP contribution in [0.25, 0.3) is 0 Å². The van der Waals surface area contributed by atoms with Gasteiger partial charge in [-0.25, -0.2) is 0 Å². The minimum atomic E-state index is 0.619. The number of hydrogen-bond acceptors (Lipinski definition) is 0. The Morgan fingerprint density at radius 3 is 1.58 bits per heavy atom. The smallest absolute Gasteiger partial charge is 0.0302 e. The molecule has 0 nitrogen and oxygen atoms in total. The summed E-state index contributed by atoms with van der Waals surface area (Å²) < 4.78 is 0. The van der Waals surface area contributed by atoms with Gasteiger partial charge in [0.25, 0.3) is 0 Å². The predicted molar refractivity (Wildman–Crippen MR) is 55.2 cm³/mol. The second kappa shape index (κ2) is 3.05. The lowest BCUT2D eigenvalue weighted by Crippen LogP contribution is -2.32. The fraction of sp³-hybridized carbons (Fsp3) is 1.00. The Labute approximate surface area is 77.7 Å². The lowest BCUT2D eigenvalue weighted by atomic mass is 9.62. The van der Waals surface area contributed by atoms with Gasteiger partial charge in [-0.05, 0) is 42.4 Å². The Balaban J connectivity index is 2.55. The van der Waals surface area contributed by atoms with Gasteiger partial charge in [0.05, 0.1) is 0 Å². The molecule has 1 aliphatic rings. The molecule has 0 amide bonds. The second-order valence-electron chi connectivity index (χ2n) is 5.97. The molecule has 1 fully saturated rings. The highest BCUT2D eigenvalue weighted by Crippen LogP contribution is 2.48. The van der Waals surface area contributed by atoms with Crippen LogP contribution in [0.4, 0.5) is 0 Å². The lowest BCUT2D eigenvalue weighted by Gasteiger charge is -2.44. The zero-order valence-corrected chi connectivity index (χ0v) is 9.41. The predicted octanol–water partition coefficient (Wildman–Crippen LogP) is 4.25. The maximum Gasteiger partial charge on any atom is -0.0302 e. The van der Waals surface area contributed by atoms with Crippen LogP contribution < -0.4 is 0 Å². The summed E-state index contributed by atoms with van der Waals surface area (Å²) in [6, 6.07) is 0. The van der Waals surface area contributed by atoms with Crippen molar-refractivity contribution >= 4 is 0 Å². The minimum Gasteiger partial charge on any atom is -0.0623 e. The van der Waals surface area contributed by atoms with Crippen molar-refractivity contribution in [3.63, 3.8) is 0 Å². The molecule has 72 valence electrons. The average Bonchev–Trinajstić information content (AvgIpc) is 1.96. The standard InChI is InChI=1S/C12H24/c1-10(2)12(5)8-6-11(3,4)7-9-12/h10H,6-9H2,1-5H3. The van der Waals surface area contributed by atoms with E-state index >= 15 is 0 Å². The van der Waals surface area contributed by atoms with Crippen LogP contribution in [0.5, 0.6) is 0 Å². The van der Waals surface area contributed by atoms with Crippen molar-refractivity contribution in [1.82, 2.24) is 0 Å². The van der Waals surface area contributed by atoms with Crippen molar-refractivity contribution in [2.45, 2.75) is 60.3 Å². The normalized spacial score (nSPS) is 27.5. The molecular weight excluding hydrogens is 144 g/mol. The molecular formula is C12H24. The summed E-state index contributed by atoms with van der Waals surface area (Å²) in [5, 5.41) is 0. The summed E-state index contributed by atoms with van der Waals surface area (Å²) in [5.41, 5.74) is 1.25. The summed E-state index contributed by atoms with van der Waals surface area (Å²) in [4.78, 5) is 0. The minimum absolute atomic E-state index is 0.619. The quantitative estimate of drug-likeness (QED) is 0.549. The van der Waals surface area contributed by atoms with Gasteiger partial charge in [0, 0.05) is 0 Å². The first kappa shape index (κ1) is 10.1. The van der Waals surface area contributed by atoms with E-state index in [4.69, 9.17) is 0 Å². The van der Waals surface area contributed by atoms with Crippen molar-refractivity contribution in [2.75, 3.05) is 0 Å². The Morgan fingerprint density at radius 1 is 0.833 bits per heavy atom. The van der Waals surface area contributed by atoms with Gasteiger partial charge >= 0.3 is 0 Å². The highest BCUT2D eigenvalue weighted by Gasteiger charge is 2.36. The number of rotatable bonds is 1. The maximum atomic E-state index is 2.47. The summed E-state index contributed by atoms with van der Waals surface area (Å²) >= 11 is 0. The van der Waals surface area contributed by atoms with Gasteiger partial charge in [-0.3, -0.25) is 0 Å². The summed E-state index contributed by atoms with van der Waals surface area (Å²) in [6.07, 6.45) is 5.69. The Morgan fingerprint density at radius 2 is 1.25 bits per heavy atom. The molecule has 0 radical (unpaired) electrons. The fourth-order valence-electron chi connectivity index (χ4n) is 2.08. The van der Waals surface area contributed by atoms with Crippen molar-refractivity contribution in [3.05, 3.63) is 0 Å². The monoisotopic (exact) mass is 168 g/mol. The molecule has 1 aliphatic carbocycles. The molecule has 12 heavy (non-hydrogen) atoms. The third-order valence-electron chi connectivity index (χ3n) is 4.14. The van der Waals surface area contributed by atoms with Gasteiger partial charge in [0.2, 0.25) is 0 Å². The topological polar surface area (TPSA) is 0 Å². The molecule has 0 spiro atoms. The van der Waals surface area contributed by atoms with Crippen LogP contribution in [0.2, 0.25) is 0 Å². The maximum absolute atomic E-state index is 2.47. The van der Waals surface area contributed by atoms with Gasteiger partial charge in [-0.1, -0.05) is 34.6 Å². The van der Waals surface area contributed by atoms with E-state index in [9.17, 15) is 0 Å². The van der Waals surface area contributed by atoms with E-state index in [0.29, 0.717) is 10.8 Å². The van der Waals surface area contributed by atoms with E-state index in [0.717, 1.165) is 5.92 Å². The Bertz CT molecular complexity index is 143. The van der Waals surface area contributed by atoms with E-state index in [-0.39, 0.29) is 0 Å². The molecule has 0 heterocycles. The van der Waals surface area contributed by atoms with Crippen LogP contribution in [0.1, 0.15) is 60.3 Å². The Hall–Kier alpha value is 0. The molecule has 1 rings (SSSR count). The van der Waals surface area contributed by atoms with Crippen molar-refractivity contribution in [1.29, 1.82) is 0 Å². The molecule has 0 aliphatic heterocycles. The first-order chi connectivity index (χ1) is 5.36. The second-order valence-corrected chi connectivity index (χ2v) is 5.97. The molecule has 1 saturated carbocycles. The van der Waals surface area contributed by atoms with E-state index < -0.39 is 0 Å². The Kier molecular flexibility index (Phi) is 2.56. The van der Waals surface area contributed by atoms with E-state index in [1.165, 1.54) is 25.7 Å². The zero-order valence-electron chi connectivity index (χ0n) is 9.41. The van der Waals surface area contributed by atoms with Crippen molar-refractivity contribution < 1.29 is 0 Å². The molecule has 0 atom stereocenters. The highest BCUT2D eigenvalue weighted by molar-refractivity contribution is 4.87. The van der Waals surface area contributed by atoms with Crippen LogP contribution in [-0.4, -0.2) is 0 Å². The largest absolute Gasteiger partial charge is 0.0623 e.